The van der Waals surface area contributed by atoms with E-state index in [9.17, 15) is 4.79 Å². The number of Topliss-reactive ketones (excluding diaryl/α,β-unsaturated/α-hetero) is 1. The van der Waals surface area contributed by atoms with Crippen LogP contribution < -0.4 is 9.30 Å². The maximum atomic E-state index is 12.2. The summed E-state index contributed by atoms with van der Waals surface area (Å²) in [6, 6.07) is 17.9. The van der Waals surface area contributed by atoms with Crippen molar-refractivity contribution in [3.63, 3.8) is 0 Å². The Morgan fingerprint density at radius 2 is 1.88 bits per heavy atom. The molecule has 0 amide bonds. The molecule has 1 aromatic heterocycles. The summed E-state index contributed by atoms with van der Waals surface area (Å²) in [7, 11) is 0. The van der Waals surface area contributed by atoms with Gasteiger partial charge in [-0.1, -0.05) is 30.3 Å². The summed E-state index contributed by atoms with van der Waals surface area (Å²) < 4.78 is 7.38. The second-order valence-corrected chi connectivity index (χ2v) is 5.09. The normalized spacial score (nSPS) is 9.96. The summed E-state index contributed by atoms with van der Waals surface area (Å²) in [5, 5.41) is 8.79. The molecule has 0 saturated heterocycles. The number of hydrogen-bond donors (Lipinski definition) is 0. The van der Waals surface area contributed by atoms with Crippen molar-refractivity contribution < 1.29 is 14.1 Å². The SMILES string of the molecule is N#Cc1ccc(Oc2c[n+](CC(=O)c3ccccc3)ccn2)cc1. The zero-order chi connectivity index (χ0) is 16.8. The molecule has 2 aromatic carbocycles. The molecule has 0 aliphatic rings. The van der Waals surface area contributed by atoms with E-state index in [4.69, 9.17) is 10.00 Å². The van der Waals surface area contributed by atoms with Gasteiger partial charge in [0.05, 0.1) is 17.8 Å². The number of nitriles is 1. The first-order chi connectivity index (χ1) is 11.7. The monoisotopic (exact) mass is 316 g/mol. The van der Waals surface area contributed by atoms with Crippen molar-refractivity contribution in [2.75, 3.05) is 0 Å². The zero-order valence-corrected chi connectivity index (χ0v) is 12.8. The average molecular weight is 316 g/mol. The lowest BCUT2D eigenvalue weighted by Crippen LogP contribution is -2.37. The molecule has 0 fully saturated rings. The second-order valence-electron chi connectivity index (χ2n) is 5.09. The Bertz CT molecular complexity index is 884. The van der Waals surface area contributed by atoms with E-state index in [1.807, 2.05) is 18.2 Å². The van der Waals surface area contributed by atoms with Gasteiger partial charge < -0.3 is 4.74 Å². The lowest BCUT2D eigenvalue weighted by molar-refractivity contribution is -0.683. The van der Waals surface area contributed by atoms with Crippen LogP contribution in [0.5, 0.6) is 11.6 Å². The number of carbonyl (C=O) groups is 1. The van der Waals surface area contributed by atoms with Crippen LogP contribution in [0, 0.1) is 11.3 Å². The van der Waals surface area contributed by atoms with Crippen LogP contribution in [0.1, 0.15) is 15.9 Å². The fraction of sp³-hybridized carbons (Fsp3) is 0.0526. The van der Waals surface area contributed by atoms with E-state index in [2.05, 4.69) is 11.1 Å². The first-order valence-corrected chi connectivity index (χ1v) is 7.36. The minimum atomic E-state index is 0.0103. The maximum Gasteiger partial charge on any atom is 0.285 e. The summed E-state index contributed by atoms with van der Waals surface area (Å²) in [6.45, 7) is 0.205. The van der Waals surface area contributed by atoms with Gasteiger partial charge in [0.25, 0.3) is 5.88 Å². The molecule has 3 aromatic rings. The van der Waals surface area contributed by atoms with Crippen LogP contribution in [0.25, 0.3) is 0 Å². The summed E-state index contributed by atoms with van der Waals surface area (Å²) in [6.07, 6.45) is 4.96. The highest BCUT2D eigenvalue weighted by atomic mass is 16.5. The van der Waals surface area contributed by atoms with E-state index in [0.29, 0.717) is 22.8 Å². The van der Waals surface area contributed by atoms with Gasteiger partial charge in [-0.25, -0.2) is 4.98 Å². The Hall–Kier alpha value is -3.52. The molecule has 0 aliphatic carbocycles. The molecule has 0 N–H and O–H groups in total. The van der Waals surface area contributed by atoms with Crippen molar-refractivity contribution in [2.24, 2.45) is 0 Å². The summed E-state index contributed by atoms with van der Waals surface area (Å²) in [5.74, 6) is 0.966. The van der Waals surface area contributed by atoms with Gasteiger partial charge in [-0.15, -0.1) is 0 Å². The fourth-order valence-corrected chi connectivity index (χ4v) is 2.16. The van der Waals surface area contributed by atoms with Crippen molar-refractivity contribution in [1.82, 2.24) is 4.98 Å². The predicted octanol–water partition coefficient (Wildman–Crippen LogP) is 2.92. The van der Waals surface area contributed by atoms with E-state index in [0.717, 1.165) is 0 Å². The Balaban J connectivity index is 1.72. The smallest absolute Gasteiger partial charge is 0.285 e. The lowest BCUT2D eigenvalue weighted by Gasteiger charge is -2.03. The van der Waals surface area contributed by atoms with E-state index in [-0.39, 0.29) is 12.3 Å². The number of ketones is 1. The Morgan fingerprint density at radius 1 is 1.12 bits per heavy atom. The van der Waals surface area contributed by atoms with Crippen molar-refractivity contribution in [3.05, 3.63) is 84.3 Å². The zero-order valence-electron chi connectivity index (χ0n) is 12.8. The molecular weight excluding hydrogens is 302 g/mol. The van der Waals surface area contributed by atoms with Crippen LogP contribution in [-0.4, -0.2) is 10.8 Å². The number of benzene rings is 2. The summed E-state index contributed by atoms with van der Waals surface area (Å²) in [4.78, 5) is 16.4. The van der Waals surface area contributed by atoms with Gasteiger partial charge in [0.1, 0.15) is 5.75 Å². The van der Waals surface area contributed by atoms with Gasteiger partial charge in [0.2, 0.25) is 18.5 Å². The van der Waals surface area contributed by atoms with Crippen LogP contribution in [-0.2, 0) is 6.54 Å². The van der Waals surface area contributed by atoms with Gasteiger partial charge >= 0.3 is 0 Å². The molecule has 0 unspecified atom stereocenters. The standard InChI is InChI=1S/C19H14N3O2/c20-12-15-6-8-17(9-7-15)24-19-14-22(11-10-21-19)13-18(23)16-4-2-1-3-5-16/h1-11,14H,13H2/q+1. The van der Waals surface area contributed by atoms with Crippen LogP contribution >= 0.6 is 0 Å². The Morgan fingerprint density at radius 3 is 2.58 bits per heavy atom. The molecule has 5 heteroatoms. The molecule has 0 radical (unpaired) electrons. The van der Waals surface area contributed by atoms with Crippen molar-refractivity contribution in [2.45, 2.75) is 6.54 Å². The first-order valence-electron chi connectivity index (χ1n) is 7.36. The van der Waals surface area contributed by atoms with Crippen LogP contribution in [0.4, 0.5) is 0 Å². The average Bonchev–Trinajstić information content (AvgIpc) is 2.63. The summed E-state index contributed by atoms with van der Waals surface area (Å²) in [5.41, 5.74) is 1.23. The number of nitrogens with zero attached hydrogens (tertiary/aromatic N) is 3. The van der Waals surface area contributed by atoms with Gasteiger partial charge in [-0.3, -0.25) is 4.79 Å². The Kier molecular flexibility index (Phi) is 4.59. The van der Waals surface area contributed by atoms with Crippen molar-refractivity contribution in [1.29, 1.82) is 5.26 Å². The minimum Gasteiger partial charge on any atom is -0.434 e. The van der Waals surface area contributed by atoms with Gasteiger partial charge in [0.15, 0.2) is 6.20 Å². The van der Waals surface area contributed by atoms with Gasteiger partial charge in [-0.2, -0.15) is 9.83 Å². The van der Waals surface area contributed by atoms with E-state index < -0.39 is 0 Å². The number of hydrogen-bond acceptors (Lipinski definition) is 4. The third-order valence-corrected chi connectivity index (χ3v) is 3.36. The maximum absolute atomic E-state index is 12.2. The topological polar surface area (TPSA) is 66.9 Å². The molecule has 0 spiro atoms. The number of rotatable bonds is 5. The van der Waals surface area contributed by atoms with Crippen molar-refractivity contribution in [3.8, 4) is 17.7 Å². The molecule has 3 rings (SSSR count). The molecule has 0 saturated carbocycles. The third kappa shape index (κ3) is 3.81. The number of carbonyl (C=O) groups excluding carboxylic acids is 1. The van der Waals surface area contributed by atoms with E-state index in [1.165, 1.54) is 0 Å². The molecule has 0 aliphatic heterocycles. The molecule has 0 atom stereocenters. The largest absolute Gasteiger partial charge is 0.434 e. The molecule has 1 heterocycles. The van der Waals surface area contributed by atoms with Gasteiger partial charge in [0, 0.05) is 5.56 Å². The van der Waals surface area contributed by atoms with Crippen LogP contribution in [0.15, 0.2) is 73.2 Å². The molecular formula is C19H14N3O2+. The summed E-state index contributed by atoms with van der Waals surface area (Å²) >= 11 is 0. The van der Waals surface area contributed by atoms with Crippen LogP contribution in [0.2, 0.25) is 0 Å². The van der Waals surface area contributed by atoms with E-state index in [1.54, 1.807) is 59.6 Å². The number of aromatic nitrogens is 2. The minimum absolute atomic E-state index is 0.0103. The Labute approximate surface area is 139 Å². The molecule has 5 nitrogen and oxygen atoms in total. The molecule has 24 heavy (non-hydrogen) atoms. The second kappa shape index (κ2) is 7.16. The highest BCUT2D eigenvalue weighted by Gasteiger charge is 2.13. The lowest BCUT2D eigenvalue weighted by atomic mass is 10.1. The molecule has 0 bridgehead atoms. The van der Waals surface area contributed by atoms with E-state index >= 15 is 0 Å². The number of ether oxygens (including phenoxy) is 1. The quantitative estimate of drug-likeness (QED) is 0.536. The van der Waals surface area contributed by atoms with Crippen molar-refractivity contribution >= 4 is 5.78 Å². The highest BCUT2D eigenvalue weighted by molar-refractivity contribution is 5.94. The molecule has 116 valence electrons. The third-order valence-electron chi connectivity index (χ3n) is 3.36. The fourth-order valence-electron chi connectivity index (χ4n) is 2.16. The van der Waals surface area contributed by atoms with Gasteiger partial charge in [-0.05, 0) is 24.3 Å². The first kappa shape index (κ1) is 15.4. The van der Waals surface area contributed by atoms with Crippen LogP contribution in [0.3, 0.4) is 0 Å². The highest BCUT2D eigenvalue weighted by Crippen LogP contribution is 2.18. The predicted molar refractivity (Wildman–Crippen MR) is 86.4 cm³/mol.